The molecule has 0 bridgehead atoms. The predicted molar refractivity (Wildman–Crippen MR) is 67.9 cm³/mol. The Morgan fingerprint density at radius 2 is 2.26 bits per heavy atom. The standard InChI is InChI=1S/C14H12FN3O/c15-10-3-1-2-9(6-10)11-7-12(11)14(19)18-13-8-16-4-5-17-13/h1-6,8,11-12H,7H2,(H,17,18,19). The smallest absolute Gasteiger partial charge is 0.229 e. The van der Waals surface area contributed by atoms with Crippen molar-refractivity contribution in [3.8, 4) is 0 Å². The van der Waals surface area contributed by atoms with Gasteiger partial charge in [0.25, 0.3) is 0 Å². The number of rotatable bonds is 3. The molecule has 1 fully saturated rings. The molecule has 0 spiro atoms. The summed E-state index contributed by atoms with van der Waals surface area (Å²) in [5.74, 6) is 0.0841. The molecule has 1 N–H and O–H groups in total. The van der Waals surface area contributed by atoms with E-state index in [1.807, 2.05) is 6.07 Å². The minimum Gasteiger partial charge on any atom is -0.309 e. The number of aromatic nitrogens is 2. The van der Waals surface area contributed by atoms with Crippen LogP contribution in [0.3, 0.4) is 0 Å². The van der Waals surface area contributed by atoms with Crippen LogP contribution in [0.4, 0.5) is 10.2 Å². The minimum absolute atomic E-state index is 0.0882. The van der Waals surface area contributed by atoms with Crippen molar-refractivity contribution in [2.24, 2.45) is 5.92 Å². The zero-order valence-corrected chi connectivity index (χ0v) is 10.1. The van der Waals surface area contributed by atoms with Gasteiger partial charge in [-0.05, 0) is 30.0 Å². The van der Waals surface area contributed by atoms with E-state index in [4.69, 9.17) is 0 Å². The summed E-state index contributed by atoms with van der Waals surface area (Å²) in [5, 5.41) is 2.71. The number of anilines is 1. The highest BCUT2D eigenvalue weighted by Gasteiger charge is 2.44. The molecule has 2 atom stereocenters. The van der Waals surface area contributed by atoms with E-state index in [2.05, 4.69) is 15.3 Å². The van der Waals surface area contributed by atoms with Crippen molar-refractivity contribution in [1.82, 2.24) is 9.97 Å². The lowest BCUT2D eigenvalue weighted by atomic mass is 10.1. The van der Waals surface area contributed by atoms with Gasteiger partial charge in [0.1, 0.15) is 5.82 Å². The number of carbonyl (C=O) groups is 1. The summed E-state index contributed by atoms with van der Waals surface area (Å²) in [6.07, 6.45) is 5.31. The molecule has 96 valence electrons. The Morgan fingerprint density at radius 3 is 3.00 bits per heavy atom. The maximum atomic E-state index is 13.1. The van der Waals surface area contributed by atoms with Crippen molar-refractivity contribution in [3.05, 3.63) is 54.2 Å². The average molecular weight is 257 g/mol. The largest absolute Gasteiger partial charge is 0.309 e. The zero-order valence-electron chi connectivity index (χ0n) is 10.1. The summed E-state index contributed by atoms with van der Waals surface area (Å²) in [7, 11) is 0. The third kappa shape index (κ3) is 2.59. The molecule has 0 saturated heterocycles. The van der Waals surface area contributed by atoms with Gasteiger partial charge < -0.3 is 5.32 Å². The minimum atomic E-state index is -0.266. The van der Waals surface area contributed by atoms with Crippen molar-refractivity contribution >= 4 is 11.7 Å². The molecule has 5 heteroatoms. The van der Waals surface area contributed by atoms with Crippen LogP contribution in [0, 0.1) is 11.7 Å². The number of hydrogen-bond donors (Lipinski definition) is 1. The molecule has 0 aliphatic heterocycles. The molecule has 2 unspecified atom stereocenters. The molecule has 1 aliphatic rings. The van der Waals surface area contributed by atoms with Crippen LogP contribution in [0.5, 0.6) is 0 Å². The number of benzene rings is 1. The molecular formula is C14H12FN3O. The summed E-state index contributed by atoms with van der Waals surface area (Å²) in [5.41, 5.74) is 0.874. The molecule has 1 aromatic heterocycles. The van der Waals surface area contributed by atoms with Gasteiger partial charge in [-0.25, -0.2) is 9.37 Å². The van der Waals surface area contributed by atoms with Gasteiger partial charge in [-0.3, -0.25) is 9.78 Å². The lowest BCUT2D eigenvalue weighted by Gasteiger charge is -2.03. The number of nitrogens with one attached hydrogen (secondary N) is 1. The van der Waals surface area contributed by atoms with E-state index in [-0.39, 0.29) is 23.6 Å². The second kappa shape index (κ2) is 4.76. The van der Waals surface area contributed by atoms with Crippen molar-refractivity contribution in [3.63, 3.8) is 0 Å². The number of hydrogen-bond acceptors (Lipinski definition) is 3. The summed E-state index contributed by atoms with van der Waals surface area (Å²) >= 11 is 0. The Labute approximate surface area is 109 Å². The van der Waals surface area contributed by atoms with E-state index in [0.717, 1.165) is 12.0 Å². The van der Waals surface area contributed by atoms with Crippen molar-refractivity contribution in [2.45, 2.75) is 12.3 Å². The summed E-state index contributed by atoms with van der Waals surface area (Å²) in [4.78, 5) is 19.8. The van der Waals surface area contributed by atoms with E-state index >= 15 is 0 Å². The lowest BCUT2D eigenvalue weighted by Crippen LogP contribution is -2.15. The summed E-state index contributed by atoms with van der Waals surface area (Å²) in [6.45, 7) is 0. The molecule has 1 aliphatic carbocycles. The van der Waals surface area contributed by atoms with E-state index in [0.29, 0.717) is 5.82 Å². The quantitative estimate of drug-likeness (QED) is 0.918. The first-order chi connectivity index (χ1) is 9.24. The van der Waals surface area contributed by atoms with Crippen LogP contribution in [0.1, 0.15) is 17.9 Å². The monoisotopic (exact) mass is 257 g/mol. The summed E-state index contributed by atoms with van der Waals surface area (Å²) in [6, 6.07) is 6.41. The highest BCUT2D eigenvalue weighted by atomic mass is 19.1. The van der Waals surface area contributed by atoms with Crippen LogP contribution >= 0.6 is 0 Å². The molecule has 1 aromatic carbocycles. The fourth-order valence-corrected chi connectivity index (χ4v) is 2.17. The molecule has 0 radical (unpaired) electrons. The second-order valence-corrected chi connectivity index (χ2v) is 4.58. The van der Waals surface area contributed by atoms with Crippen LogP contribution in [0.25, 0.3) is 0 Å². The van der Waals surface area contributed by atoms with Crippen LogP contribution in [0.2, 0.25) is 0 Å². The third-order valence-electron chi connectivity index (χ3n) is 3.22. The van der Waals surface area contributed by atoms with Gasteiger partial charge in [0.15, 0.2) is 5.82 Å². The van der Waals surface area contributed by atoms with Gasteiger partial charge in [-0.15, -0.1) is 0 Å². The van der Waals surface area contributed by atoms with Crippen molar-refractivity contribution < 1.29 is 9.18 Å². The van der Waals surface area contributed by atoms with Crippen molar-refractivity contribution in [2.75, 3.05) is 5.32 Å². The highest BCUT2D eigenvalue weighted by Crippen LogP contribution is 2.47. The fourth-order valence-electron chi connectivity index (χ4n) is 2.17. The Bertz CT molecular complexity index is 603. The van der Waals surface area contributed by atoms with Gasteiger partial charge in [0, 0.05) is 18.3 Å². The van der Waals surface area contributed by atoms with Crippen LogP contribution in [0.15, 0.2) is 42.9 Å². The first kappa shape index (κ1) is 11.8. The molecule has 1 amide bonds. The Morgan fingerprint density at radius 1 is 1.37 bits per heavy atom. The van der Waals surface area contributed by atoms with Crippen LogP contribution < -0.4 is 5.32 Å². The van der Waals surface area contributed by atoms with Gasteiger partial charge in [-0.1, -0.05) is 12.1 Å². The molecule has 19 heavy (non-hydrogen) atoms. The Hall–Kier alpha value is -2.30. The number of halogens is 1. The third-order valence-corrected chi connectivity index (χ3v) is 3.22. The van der Waals surface area contributed by atoms with Gasteiger partial charge in [-0.2, -0.15) is 0 Å². The molecule has 2 aromatic rings. The van der Waals surface area contributed by atoms with E-state index in [9.17, 15) is 9.18 Å². The van der Waals surface area contributed by atoms with E-state index in [1.54, 1.807) is 12.3 Å². The number of carbonyl (C=O) groups excluding carboxylic acids is 1. The second-order valence-electron chi connectivity index (χ2n) is 4.58. The molecular weight excluding hydrogens is 245 g/mol. The fraction of sp³-hybridized carbons (Fsp3) is 0.214. The number of nitrogens with zero attached hydrogens (tertiary/aromatic N) is 2. The van der Waals surface area contributed by atoms with Crippen LogP contribution in [-0.4, -0.2) is 15.9 Å². The Balaban J connectivity index is 1.65. The van der Waals surface area contributed by atoms with Gasteiger partial charge in [0.2, 0.25) is 5.91 Å². The summed E-state index contributed by atoms with van der Waals surface area (Å²) < 4.78 is 13.1. The zero-order chi connectivity index (χ0) is 13.2. The first-order valence-corrected chi connectivity index (χ1v) is 6.06. The lowest BCUT2D eigenvalue weighted by molar-refractivity contribution is -0.117. The van der Waals surface area contributed by atoms with Crippen molar-refractivity contribution in [1.29, 1.82) is 0 Å². The molecule has 1 heterocycles. The number of amides is 1. The molecule has 3 rings (SSSR count). The molecule has 1 saturated carbocycles. The maximum absolute atomic E-state index is 13.1. The molecule has 4 nitrogen and oxygen atoms in total. The highest BCUT2D eigenvalue weighted by molar-refractivity contribution is 5.94. The van der Waals surface area contributed by atoms with Gasteiger partial charge >= 0.3 is 0 Å². The van der Waals surface area contributed by atoms with E-state index in [1.165, 1.54) is 24.5 Å². The van der Waals surface area contributed by atoms with E-state index < -0.39 is 0 Å². The normalized spacial score (nSPS) is 20.9. The predicted octanol–water partition coefficient (Wildman–Crippen LogP) is 2.36. The average Bonchev–Trinajstić information content (AvgIpc) is 3.20. The van der Waals surface area contributed by atoms with Crippen LogP contribution in [-0.2, 0) is 4.79 Å². The van der Waals surface area contributed by atoms with Gasteiger partial charge in [0.05, 0.1) is 6.20 Å². The SMILES string of the molecule is O=C(Nc1cnccn1)C1CC1c1cccc(F)c1. The first-order valence-electron chi connectivity index (χ1n) is 6.06. The maximum Gasteiger partial charge on any atom is 0.229 e. The topological polar surface area (TPSA) is 54.9 Å². The Kier molecular flexibility index (Phi) is 2.95.